The van der Waals surface area contributed by atoms with Crippen molar-refractivity contribution in [2.45, 2.75) is 6.92 Å². The maximum absolute atomic E-state index is 12.0. The van der Waals surface area contributed by atoms with Crippen LogP contribution in [-0.4, -0.2) is 18.0 Å². The third-order valence-corrected chi connectivity index (χ3v) is 3.61. The second-order valence-corrected chi connectivity index (χ2v) is 4.83. The third kappa shape index (κ3) is 2.77. The number of aryl methyl sites for hydroxylation is 1. The molecule has 2 rings (SSSR count). The first-order valence-electron chi connectivity index (χ1n) is 5.61. The number of thiophene rings is 1. The van der Waals surface area contributed by atoms with Crippen molar-refractivity contribution in [2.24, 2.45) is 0 Å². The van der Waals surface area contributed by atoms with Gasteiger partial charge in [0.25, 0.3) is 0 Å². The summed E-state index contributed by atoms with van der Waals surface area (Å²) in [5, 5.41) is 12.7. The lowest BCUT2D eigenvalue weighted by Gasteiger charge is -2.06. The molecule has 1 heterocycles. The van der Waals surface area contributed by atoms with Gasteiger partial charge in [-0.3, -0.25) is 10.1 Å². The summed E-state index contributed by atoms with van der Waals surface area (Å²) in [5.41, 5.74) is 0.461. The van der Waals surface area contributed by atoms with Crippen molar-refractivity contribution in [1.29, 1.82) is 0 Å². The Morgan fingerprint density at radius 1 is 1.35 bits per heavy atom. The van der Waals surface area contributed by atoms with Crippen molar-refractivity contribution >= 4 is 23.0 Å². The molecule has 1 aromatic carbocycles. The zero-order valence-corrected chi connectivity index (χ0v) is 11.6. The molecule has 0 amide bonds. The smallest absolute Gasteiger partial charge is 0.354 e. The Morgan fingerprint density at radius 2 is 2.10 bits per heavy atom. The van der Waals surface area contributed by atoms with Crippen LogP contribution in [0.4, 0.5) is 5.69 Å². The molecule has 0 saturated carbocycles. The molecule has 0 aliphatic heterocycles. The SMILES string of the molecule is COc1ccc(OC(=O)c2sccc2C)c([N+](=O)[O-])c1. The fourth-order valence-corrected chi connectivity index (χ4v) is 2.38. The van der Waals surface area contributed by atoms with Crippen LogP contribution in [0.15, 0.2) is 29.6 Å². The van der Waals surface area contributed by atoms with Gasteiger partial charge < -0.3 is 9.47 Å². The first kappa shape index (κ1) is 14.0. The van der Waals surface area contributed by atoms with E-state index in [1.807, 2.05) is 0 Å². The molecule has 0 N–H and O–H groups in total. The van der Waals surface area contributed by atoms with E-state index < -0.39 is 10.9 Å². The highest BCUT2D eigenvalue weighted by molar-refractivity contribution is 7.12. The van der Waals surface area contributed by atoms with E-state index in [4.69, 9.17) is 9.47 Å². The molecular weight excluding hydrogens is 282 g/mol. The second-order valence-electron chi connectivity index (χ2n) is 3.91. The molecular formula is C13H11NO5S. The van der Waals surface area contributed by atoms with Crippen LogP contribution in [-0.2, 0) is 0 Å². The highest BCUT2D eigenvalue weighted by Crippen LogP contribution is 2.32. The van der Waals surface area contributed by atoms with E-state index in [1.54, 1.807) is 18.4 Å². The summed E-state index contributed by atoms with van der Waals surface area (Å²) in [6.45, 7) is 1.77. The van der Waals surface area contributed by atoms with E-state index in [-0.39, 0.29) is 11.4 Å². The number of esters is 1. The minimum atomic E-state index is -0.619. The Balaban J connectivity index is 2.32. The average molecular weight is 293 g/mol. The van der Waals surface area contributed by atoms with Crippen LogP contribution in [0, 0.1) is 17.0 Å². The first-order valence-corrected chi connectivity index (χ1v) is 6.49. The number of methoxy groups -OCH3 is 1. The Bertz CT molecular complexity index is 665. The van der Waals surface area contributed by atoms with Crippen molar-refractivity contribution in [3.8, 4) is 11.5 Å². The lowest BCUT2D eigenvalue weighted by molar-refractivity contribution is -0.385. The molecule has 1 aromatic heterocycles. The highest BCUT2D eigenvalue weighted by atomic mass is 32.1. The molecule has 0 spiro atoms. The van der Waals surface area contributed by atoms with E-state index in [9.17, 15) is 14.9 Å². The number of ether oxygens (including phenoxy) is 2. The summed E-state index contributed by atoms with van der Waals surface area (Å²) in [5.74, 6) is -0.386. The monoisotopic (exact) mass is 293 g/mol. The third-order valence-electron chi connectivity index (χ3n) is 2.61. The van der Waals surface area contributed by atoms with Gasteiger partial charge in [0.1, 0.15) is 10.6 Å². The molecule has 20 heavy (non-hydrogen) atoms. The van der Waals surface area contributed by atoms with Crippen LogP contribution in [0.5, 0.6) is 11.5 Å². The van der Waals surface area contributed by atoms with Gasteiger partial charge in [0.05, 0.1) is 18.1 Å². The molecule has 0 saturated heterocycles. The van der Waals surface area contributed by atoms with Crippen molar-refractivity contribution < 1.29 is 19.2 Å². The van der Waals surface area contributed by atoms with Crippen LogP contribution < -0.4 is 9.47 Å². The van der Waals surface area contributed by atoms with Crippen LogP contribution in [0.2, 0.25) is 0 Å². The Labute approximate surface area is 118 Å². The van der Waals surface area contributed by atoms with Crippen LogP contribution in [0.1, 0.15) is 15.2 Å². The van der Waals surface area contributed by atoms with Crippen LogP contribution >= 0.6 is 11.3 Å². The molecule has 0 bridgehead atoms. The summed E-state index contributed by atoms with van der Waals surface area (Å²) < 4.78 is 10.0. The fraction of sp³-hybridized carbons (Fsp3) is 0.154. The van der Waals surface area contributed by atoms with E-state index in [2.05, 4.69) is 0 Å². The maximum atomic E-state index is 12.0. The fourth-order valence-electron chi connectivity index (χ4n) is 1.58. The number of nitro groups is 1. The molecule has 0 aliphatic carbocycles. The largest absolute Gasteiger partial charge is 0.496 e. The van der Waals surface area contributed by atoms with E-state index in [0.717, 1.165) is 5.56 Å². The molecule has 7 heteroatoms. The average Bonchev–Trinajstić information content (AvgIpc) is 2.85. The van der Waals surface area contributed by atoms with Crippen molar-refractivity contribution in [1.82, 2.24) is 0 Å². The molecule has 0 atom stereocenters. The zero-order valence-electron chi connectivity index (χ0n) is 10.8. The quantitative estimate of drug-likeness (QED) is 0.374. The summed E-state index contributed by atoms with van der Waals surface area (Å²) in [6, 6.07) is 5.84. The summed E-state index contributed by atoms with van der Waals surface area (Å²) in [7, 11) is 1.40. The van der Waals surface area contributed by atoms with Crippen molar-refractivity contribution in [3.63, 3.8) is 0 Å². The first-order chi connectivity index (χ1) is 9.52. The van der Waals surface area contributed by atoms with Gasteiger partial charge in [-0.2, -0.15) is 0 Å². The number of nitro benzene ring substituents is 1. The number of carbonyl (C=O) groups is 1. The predicted octanol–water partition coefficient (Wildman–Crippen LogP) is 3.19. The molecule has 0 fully saturated rings. The number of hydrogen-bond acceptors (Lipinski definition) is 6. The number of carbonyl (C=O) groups excluding carboxylic acids is 1. The van der Waals surface area contributed by atoms with Crippen molar-refractivity contribution in [2.75, 3.05) is 7.11 Å². The standard InChI is InChI=1S/C13H11NO5S/c1-8-5-6-20-12(8)13(15)19-11-4-3-9(18-2)7-10(11)14(16)17/h3-7H,1-2H3. The topological polar surface area (TPSA) is 78.7 Å². The van der Waals surface area contributed by atoms with Gasteiger partial charge in [-0.05, 0) is 36.1 Å². The maximum Gasteiger partial charge on any atom is 0.354 e. The molecule has 6 nitrogen and oxygen atoms in total. The molecule has 104 valence electrons. The van der Waals surface area contributed by atoms with E-state index >= 15 is 0 Å². The highest BCUT2D eigenvalue weighted by Gasteiger charge is 2.21. The Hall–Kier alpha value is -2.41. The van der Waals surface area contributed by atoms with Gasteiger partial charge >= 0.3 is 11.7 Å². The summed E-state index contributed by atoms with van der Waals surface area (Å²) >= 11 is 1.23. The summed E-state index contributed by atoms with van der Waals surface area (Å²) in [4.78, 5) is 22.8. The number of benzene rings is 1. The van der Waals surface area contributed by atoms with Gasteiger partial charge in [-0.15, -0.1) is 11.3 Å². The minimum Gasteiger partial charge on any atom is -0.496 e. The van der Waals surface area contributed by atoms with Crippen LogP contribution in [0.3, 0.4) is 0 Å². The number of nitrogens with zero attached hydrogens (tertiary/aromatic N) is 1. The zero-order chi connectivity index (χ0) is 14.7. The Kier molecular flexibility index (Phi) is 3.99. The minimum absolute atomic E-state index is 0.103. The van der Waals surface area contributed by atoms with Crippen molar-refractivity contribution in [3.05, 3.63) is 50.2 Å². The summed E-state index contributed by atoms with van der Waals surface area (Å²) in [6.07, 6.45) is 0. The molecule has 2 aromatic rings. The van der Waals surface area contributed by atoms with Gasteiger partial charge in [-0.1, -0.05) is 0 Å². The van der Waals surface area contributed by atoms with E-state index in [0.29, 0.717) is 10.6 Å². The van der Waals surface area contributed by atoms with Gasteiger partial charge in [-0.25, -0.2) is 4.79 Å². The second kappa shape index (κ2) is 5.70. The molecule has 0 radical (unpaired) electrons. The molecule has 0 unspecified atom stereocenters. The lowest BCUT2D eigenvalue weighted by Crippen LogP contribution is -2.09. The van der Waals surface area contributed by atoms with E-state index in [1.165, 1.54) is 36.6 Å². The molecule has 0 aliphatic rings. The predicted molar refractivity (Wildman–Crippen MR) is 73.7 cm³/mol. The van der Waals surface area contributed by atoms with Gasteiger partial charge in [0, 0.05) is 0 Å². The van der Waals surface area contributed by atoms with Gasteiger partial charge in [0.15, 0.2) is 0 Å². The lowest BCUT2D eigenvalue weighted by atomic mass is 10.2. The number of rotatable bonds is 4. The Morgan fingerprint density at radius 3 is 2.65 bits per heavy atom. The number of hydrogen-bond donors (Lipinski definition) is 0. The van der Waals surface area contributed by atoms with Crippen LogP contribution in [0.25, 0.3) is 0 Å². The van der Waals surface area contributed by atoms with Gasteiger partial charge in [0.2, 0.25) is 5.75 Å². The normalized spacial score (nSPS) is 10.1.